The van der Waals surface area contributed by atoms with Crippen molar-refractivity contribution in [3.8, 4) is 6.07 Å². The van der Waals surface area contributed by atoms with Gasteiger partial charge in [0.05, 0.1) is 18.2 Å². The molecule has 0 atom stereocenters. The Balaban J connectivity index is 1.80. The van der Waals surface area contributed by atoms with Crippen LogP contribution in [0.3, 0.4) is 0 Å². The van der Waals surface area contributed by atoms with Gasteiger partial charge in [-0.2, -0.15) is 5.26 Å². The predicted octanol–water partition coefficient (Wildman–Crippen LogP) is 9.09. The summed E-state index contributed by atoms with van der Waals surface area (Å²) in [5.41, 5.74) is 0.829. The number of benzene rings is 6. The number of thiophene rings is 1. The zero-order valence-corrected chi connectivity index (χ0v) is 18.2. The molecule has 0 unspecified atom stereocenters. The van der Waals surface area contributed by atoms with E-state index in [2.05, 4.69) is 83.7 Å². The van der Waals surface area contributed by atoms with Gasteiger partial charge in [0.25, 0.3) is 0 Å². The fraction of sp³-hybridized carbons (Fsp3) is 0. The van der Waals surface area contributed by atoms with Crippen molar-refractivity contribution in [1.82, 2.24) is 0 Å². The van der Waals surface area contributed by atoms with Gasteiger partial charge in [-0.05, 0) is 85.6 Å². The SMILES string of the molecule is [C-]#[N+]c1cc2c(cc1C#N)c1cc3ccccc3cc1c1cc3sc4ccccc4c3cc21. The molecule has 0 bridgehead atoms. The second-order valence-electron chi connectivity index (χ2n) is 8.38. The van der Waals surface area contributed by atoms with Gasteiger partial charge in [0.1, 0.15) is 0 Å². The lowest BCUT2D eigenvalue weighted by Gasteiger charge is -2.13. The Morgan fingerprint density at radius 3 is 1.94 bits per heavy atom. The molecule has 0 amide bonds. The third-order valence-corrected chi connectivity index (χ3v) is 7.78. The van der Waals surface area contributed by atoms with E-state index in [-0.39, 0.29) is 0 Å². The molecule has 0 aliphatic heterocycles. The quantitative estimate of drug-likeness (QED) is 0.133. The van der Waals surface area contributed by atoms with Gasteiger partial charge in [0.15, 0.2) is 0 Å². The first-order chi connectivity index (χ1) is 16.2. The van der Waals surface area contributed by atoms with E-state index >= 15 is 0 Å². The first-order valence-corrected chi connectivity index (χ1v) is 11.5. The molecule has 0 saturated heterocycles. The molecule has 0 spiro atoms. The van der Waals surface area contributed by atoms with Crippen molar-refractivity contribution >= 4 is 80.3 Å². The van der Waals surface area contributed by atoms with Gasteiger partial charge in [-0.1, -0.05) is 42.5 Å². The van der Waals surface area contributed by atoms with Crippen molar-refractivity contribution in [3.63, 3.8) is 0 Å². The van der Waals surface area contributed by atoms with Crippen LogP contribution in [0.2, 0.25) is 0 Å². The molecule has 0 N–H and O–H groups in total. The first-order valence-electron chi connectivity index (χ1n) is 10.7. The topological polar surface area (TPSA) is 28.1 Å². The second-order valence-corrected chi connectivity index (χ2v) is 9.46. The molecule has 7 aromatic rings. The minimum atomic E-state index is 0.404. The van der Waals surface area contributed by atoms with Gasteiger partial charge < -0.3 is 0 Å². The van der Waals surface area contributed by atoms with Gasteiger partial charge in [0.2, 0.25) is 5.69 Å². The Morgan fingerprint density at radius 2 is 1.21 bits per heavy atom. The van der Waals surface area contributed by atoms with Crippen molar-refractivity contribution in [3.05, 3.63) is 102 Å². The third kappa shape index (κ3) is 2.46. The number of nitriles is 1. The standard InChI is InChI=1S/C30H14N2S/c1-32-28-14-25-23(12-19(28)16-31)21-10-17-6-2-3-7-18(17)11-22(21)26-15-30-27(13-24(25)26)20-8-4-5-9-29(20)33-30/h2-15H. The van der Waals surface area contributed by atoms with Crippen LogP contribution in [0, 0.1) is 17.9 Å². The van der Waals surface area contributed by atoms with Gasteiger partial charge in [-0.3, -0.25) is 0 Å². The maximum Gasteiger partial charge on any atom is 0.205 e. The number of nitrogens with zero attached hydrogens (tertiary/aromatic N) is 2. The molecule has 0 radical (unpaired) electrons. The summed E-state index contributed by atoms with van der Waals surface area (Å²) in [4.78, 5) is 3.66. The normalized spacial score (nSPS) is 11.6. The highest BCUT2D eigenvalue weighted by Crippen LogP contribution is 2.44. The smallest absolute Gasteiger partial charge is 0.205 e. The zero-order valence-electron chi connectivity index (χ0n) is 17.4. The highest BCUT2D eigenvalue weighted by molar-refractivity contribution is 7.25. The van der Waals surface area contributed by atoms with Crippen LogP contribution in [0.25, 0.3) is 68.1 Å². The summed E-state index contributed by atoms with van der Waals surface area (Å²) in [6.07, 6.45) is 0. The molecule has 0 fully saturated rings. The maximum absolute atomic E-state index is 9.71. The largest absolute Gasteiger partial charge is 0.237 e. The highest BCUT2D eigenvalue weighted by Gasteiger charge is 2.15. The number of hydrogen-bond donors (Lipinski definition) is 0. The van der Waals surface area contributed by atoms with Gasteiger partial charge in [-0.15, -0.1) is 11.3 Å². The molecule has 0 aliphatic carbocycles. The summed E-state index contributed by atoms with van der Waals surface area (Å²) in [6, 6.07) is 32.0. The Kier molecular flexibility index (Phi) is 3.59. The van der Waals surface area contributed by atoms with Crippen molar-refractivity contribution < 1.29 is 0 Å². The monoisotopic (exact) mass is 434 g/mol. The molecule has 150 valence electrons. The van der Waals surface area contributed by atoms with Crippen LogP contribution < -0.4 is 0 Å². The number of hydrogen-bond acceptors (Lipinski definition) is 2. The second kappa shape index (κ2) is 6.53. The van der Waals surface area contributed by atoms with E-state index in [1.54, 1.807) is 0 Å². The van der Waals surface area contributed by atoms with Gasteiger partial charge >= 0.3 is 0 Å². The zero-order chi connectivity index (χ0) is 22.1. The average Bonchev–Trinajstić information content (AvgIpc) is 3.23. The summed E-state index contributed by atoms with van der Waals surface area (Å²) in [5, 5.41) is 21.2. The molecule has 1 aromatic heterocycles. The lowest BCUT2D eigenvalue weighted by atomic mass is 9.90. The van der Waals surface area contributed by atoms with Crippen molar-refractivity contribution in [1.29, 1.82) is 5.26 Å². The average molecular weight is 435 g/mol. The van der Waals surface area contributed by atoms with Crippen LogP contribution in [0.5, 0.6) is 0 Å². The van der Waals surface area contributed by atoms with E-state index in [9.17, 15) is 5.26 Å². The Labute approximate surface area is 193 Å². The molecule has 2 nitrogen and oxygen atoms in total. The van der Waals surface area contributed by atoms with Crippen molar-refractivity contribution in [2.45, 2.75) is 0 Å². The molecule has 6 aromatic carbocycles. The Bertz CT molecular complexity index is 2050. The lowest BCUT2D eigenvalue weighted by Crippen LogP contribution is -1.86. The van der Waals surface area contributed by atoms with Crippen LogP contribution in [0.4, 0.5) is 5.69 Å². The van der Waals surface area contributed by atoms with E-state index < -0.39 is 0 Å². The number of fused-ring (bicyclic) bond motifs is 10. The van der Waals surface area contributed by atoms with E-state index in [1.807, 2.05) is 23.5 Å². The maximum atomic E-state index is 9.71. The molecule has 0 saturated carbocycles. The molecular weight excluding hydrogens is 420 g/mol. The molecule has 33 heavy (non-hydrogen) atoms. The highest BCUT2D eigenvalue weighted by atomic mass is 32.1. The van der Waals surface area contributed by atoms with Crippen LogP contribution in [-0.2, 0) is 0 Å². The summed E-state index contributed by atoms with van der Waals surface area (Å²) < 4.78 is 2.53. The molecule has 0 aliphatic rings. The molecule has 3 heteroatoms. The minimum Gasteiger partial charge on any atom is -0.237 e. The molecule has 1 heterocycles. The summed E-state index contributed by atoms with van der Waals surface area (Å²) in [5.74, 6) is 0. The molecule has 7 rings (SSSR count). The lowest BCUT2D eigenvalue weighted by molar-refractivity contribution is 1.50. The minimum absolute atomic E-state index is 0.404. The van der Waals surface area contributed by atoms with E-state index in [0.717, 1.165) is 21.5 Å². The summed E-state index contributed by atoms with van der Waals surface area (Å²) in [7, 11) is 0. The number of rotatable bonds is 0. The Hall–Kier alpha value is -4.44. The van der Waals surface area contributed by atoms with Crippen LogP contribution >= 0.6 is 11.3 Å². The van der Waals surface area contributed by atoms with Crippen molar-refractivity contribution in [2.24, 2.45) is 0 Å². The van der Waals surface area contributed by atoms with Crippen LogP contribution in [0.15, 0.2) is 84.9 Å². The third-order valence-electron chi connectivity index (χ3n) is 6.65. The van der Waals surface area contributed by atoms with Gasteiger partial charge in [-0.25, -0.2) is 4.85 Å². The fourth-order valence-electron chi connectivity index (χ4n) is 5.12. The van der Waals surface area contributed by atoms with Crippen LogP contribution in [-0.4, -0.2) is 0 Å². The fourth-order valence-corrected chi connectivity index (χ4v) is 6.25. The van der Waals surface area contributed by atoms with E-state index in [1.165, 1.54) is 41.7 Å². The summed E-state index contributed by atoms with van der Waals surface area (Å²) in [6.45, 7) is 7.63. The van der Waals surface area contributed by atoms with E-state index in [0.29, 0.717) is 11.3 Å². The first kappa shape index (κ1) is 18.2. The molecular formula is C30H14N2S. The van der Waals surface area contributed by atoms with Crippen molar-refractivity contribution in [2.75, 3.05) is 0 Å². The summed E-state index contributed by atoms with van der Waals surface area (Å²) >= 11 is 1.82. The van der Waals surface area contributed by atoms with Crippen LogP contribution in [0.1, 0.15) is 5.56 Å². The van der Waals surface area contributed by atoms with E-state index in [4.69, 9.17) is 6.57 Å². The van der Waals surface area contributed by atoms with Gasteiger partial charge in [0, 0.05) is 20.2 Å². The predicted molar refractivity (Wildman–Crippen MR) is 140 cm³/mol. The Morgan fingerprint density at radius 1 is 0.606 bits per heavy atom.